The minimum Gasteiger partial charge on any atom is -0.195 e. The van der Waals surface area contributed by atoms with E-state index in [9.17, 15) is 8.42 Å². The lowest BCUT2D eigenvalue weighted by Crippen LogP contribution is -2.50. The van der Waals surface area contributed by atoms with Gasteiger partial charge in [-0.25, -0.2) is 0 Å². The van der Waals surface area contributed by atoms with E-state index in [1.807, 2.05) is 30.3 Å². The fourth-order valence-corrected chi connectivity index (χ4v) is 5.19. The van der Waals surface area contributed by atoms with E-state index in [0.29, 0.717) is 37.0 Å². The van der Waals surface area contributed by atoms with Crippen molar-refractivity contribution >= 4 is 21.8 Å². The van der Waals surface area contributed by atoms with Gasteiger partial charge in [0.15, 0.2) is 0 Å². The first-order valence-corrected chi connectivity index (χ1v) is 11.1. The lowest BCUT2D eigenvalue weighted by molar-refractivity contribution is 0.239. The van der Waals surface area contributed by atoms with Gasteiger partial charge in [0.25, 0.3) is 10.2 Å². The van der Waals surface area contributed by atoms with E-state index < -0.39 is 10.2 Å². The molecule has 1 saturated carbocycles. The molecular weight excluding hydrogens is 380 g/mol. The average molecular weight is 407 g/mol. The molecule has 1 aliphatic heterocycles. The van der Waals surface area contributed by atoms with Crippen molar-refractivity contribution in [2.24, 2.45) is 11.3 Å². The van der Waals surface area contributed by atoms with Crippen molar-refractivity contribution in [1.29, 1.82) is 0 Å². The highest BCUT2D eigenvalue weighted by Gasteiger charge is 2.39. The van der Waals surface area contributed by atoms with Crippen LogP contribution in [-0.4, -0.2) is 43.7 Å². The average Bonchev–Trinajstić information content (AvgIpc) is 3.40. The quantitative estimate of drug-likeness (QED) is 0.710. The summed E-state index contributed by atoms with van der Waals surface area (Å²) in [7, 11) is -1.69. The zero-order valence-electron chi connectivity index (χ0n) is 16.2. The highest BCUT2D eigenvalue weighted by atomic mass is 35.5. The SMILES string of the molecule is CN(CC1CC1)S(=O)(=O)N1CC/C(=C\C#Cc2cccc(Cl)c2)C(C)(C)C1. The van der Waals surface area contributed by atoms with E-state index in [4.69, 9.17) is 11.6 Å². The van der Waals surface area contributed by atoms with Gasteiger partial charge in [-0.05, 0) is 49.5 Å². The zero-order valence-corrected chi connectivity index (χ0v) is 17.8. The standard InChI is InChI=1S/C21H27ClN2O2S/c1-21(2)16-24(27(25,26)23(3)15-18-10-11-18)13-12-19(21)8-4-6-17-7-5-9-20(22)14-17/h5,7-9,14,18H,10-13,15-16H2,1-3H3/b19-8+. The van der Waals surface area contributed by atoms with Gasteiger partial charge in [0, 0.05) is 42.7 Å². The smallest absolute Gasteiger partial charge is 0.195 e. The van der Waals surface area contributed by atoms with Crippen LogP contribution in [0.25, 0.3) is 0 Å². The predicted molar refractivity (Wildman–Crippen MR) is 111 cm³/mol. The molecule has 2 fully saturated rings. The monoisotopic (exact) mass is 406 g/mol. The summed E-state index contributed by atoms with van der Waals surface area (Å²) in [6, 6.07) is 7.46. The third-order valence-corrected chi connectivity index (χ3v) is 7.43. The number of allylic oxidation sites excluding steroid dienone is 1. The lowest BCUT2D eigenvalue weighted by Gasteiger charge is -2.40. The Morgan fingerprint density at radius 1 is 1.37 bits per heavy atom. The molecule has 1 aromatic rings. The van der Waals surface area contributed by atoms with Crippen LogP contribution in [0, 0.1) is 23.2 Å². The second-order valence-electron chi connectivity index (χ2n) is 8.15. The van der Waals surface area contributed by atoms with Crippen molar-refractivity contribution < 1.29 is 8.42 Å². The first-order valence-electron chi connectivity index (χ1n) is 9.36. The van der Waals surface area contributed by atoms with Gasteiger partial charge in [0.1, 0.15) is 0 Å². The number of benzene rings is 1. The molecule has 0 atom stereocenters. The summed E-state index contributed by atoms with van der Waals surface area (Å²) in [6.07, 6.45) is 4.93. The Kier molecular flexibility index (Phi) is 6.02. The van der Waals surface area contributed by atoms with Gasteiger partial charge < -0.3 is 0 Å². The first kappa shape index (κ1) is 20.4. The molecule has 4 nitrogen and oxygen atoms in total. The Morgan fingerprint density at radius 3 is 2.74 bits per heavy atom. The second-order valence-corrected chi connectivity index (χ2v) is 10.6. The van der Waals surface area contributed by atoms with Gasteiger partial charge in [0.05, 0.1) is 0 Å². The number of halogens is 1. The van der Waals surface area contributed by atoms with Crippen LogP contribution in [-0.2, 0) is 10.2 Å². The van der Waals surface area contributed by atoms with Crippen molar-refractivity contribution in [2.75, 3.05) is 26.7 Å². The largest absolute Gasteiger partial charge is 0.281 e. The number of nitrogens with zero attached hydrogens (tertiary/aromatic N) is 2. The molecule has 1 saturated heterocycles. The van der Waals surface area contributed by atoms with E-state index >= 15 is 0 Å². The molecule has 0 N–H and O–H groups in total. The fraction of sp³-hybridized carbons (Fsp3) is 0.524. The van der Waals surface area contributed by atoms with Crippen LogP contribution in [0.4, 0.5) is 0 Å². The van der Waals surface area contributed by atoms with E-state index in [2.05, 4.69) is 25.7 Å². The number of rotatable bonds is 4. The van der Waals surface area contributed by atoms with Crippen molar-refractivity contribution in [3.63, 3.8) is 0 Å². The summed E-state index contributed by atoms with van der Waals surface area (Å²) >= 11 is 5.99. The molecule has 0 radical (unpaired) electrons. The molecule has 3 rings (SSSR count). The van der Waals surface area contributed by atoms with Crippen LogP contribution in [0.3, 0.4) is 0 Å². The lowest BCUT2D eigenvalue weighted by atomic mass is 9.79. The van der Waals surface area contributed by atoms with Gasteiger partial charge in [-0.2, -0.15) is 17.0 Å². The number of piperidine rings is 1. The summed E-state index contributed by atoms with van der Waals surface area (Å²) in [5, 5.41) is 0.670. The van der Waals surface area contributed by atoms with E-state index in [-0.39, 0.29) is 5.41 Å². The summed E-state index contributed by atoms with van der Waals surface area (Å²) in [5.41, 5.74) is 1.82. The molecule has 0 spiro atoms. The van der Waals surface area contributed by atoms with E-state index in [1.54, 1.807) is 11.4 Å². The molecule has 0 bridgehead atoms. The van der Waals surface area contributed by atoms with Gasteiger partial charge in [-0.3, -0.25) is 0 Å². The number of hydrogen-bond acceptors (Lipinski definition) is 2. The van der Waals surface area contributed by atoms with Crippen molar-refractivity contribution in [2.45, 2.75) is 33.1 Å². The Balaban J connectivity index is 1.70. The molecule has 0 amide bonds. The maximum atomic E-state index is 12.9. The van der Waals surface area contributed by atoms with Crippen LogP contribution in [0.2, 0.25) is 5.02 Å². The van der Waals surface area contributed by atoms with E-state index in [0.717, 1.165) is 18.4 Å². The van der Waals surface area contributed by atoms with Gasteiger partial charge in [0.2, 0.25) is 0 Å². The third-order valence-electron chi connectivity index (χ3n) is 5.29. The maximum Gasteiger partial charge on any atom is 0.281 e. The Labute approximate surface area is 168 Å². The van der Waals surface area contributed by atoms with Crippen LogP contribution >= 0.6 is 11.6 Å². The van der Waals surface area contributed by atoms with Crippen LogP contribution in [0.1, 0.15) is 38.7 Å². The fourth-order valence-electron chi connectivity index (χ4n) is 3.40. The summed E-state index contributed by atoms with van der Waals surface area (Å²) in [5.74, 6) is 6.77. The molecule has 1 heterocycles. The molecule has 0 unspecified atom stereocenters. The van der Waals surface area contributed by atoms with Gasteiger partial charge in [-0.1, -0.05) is 48.9 Å². The maximum absolute atomic E-state index is 12.9. The molecule has 1 aromatic carbocycles. The third kappa shape index (κ3) is 5.14. The molecule has 27 heavy (non-hydrogen) atoms. The molecule has 0 aromatic heterocycles. The first-order chi connectivity index (χ1) is 12.7. The van der Waals surface area contributed by atoms with Crippen molar-refractivity contribution in [3.8, 4) is 11.8 Å². The van der Waals surface area contributed by atoms with Gasteiger partial charge in [-0.15, -0.1) is 0 Å². The van der Waals surface area contributed by atoms with Crippen molar-refractivity contribution in [1.82, 2.24) is 8.61 Å². The topological polar surface area (TPSA) is 40.6 Å². The minimum absolute atomic E-state index is 0.241. The Morgan fingerprint density at radius 2 is 2.11 bits per heavy atom. The molecular formula is C21H27ClN2O2S. The van der Waals surface area contributed by atoms with Gasteiger partial charge >= 0.3 is 0 Å². The van der Waals surface area contributed by atoms with E-state index in [1.165, 1.54) is 9.88 Å². The highest BCUT2D eigenvalue weighted by molar-refractivity contribution is 7.86. The summed E-state index contributed by atoms with van der Waals surface area (Å²) in [6.45, 7) is 5.79. The van der Waals surface area contributed by atoms with Crippen LogP contribution in [0.15, 0.2) is 35.9 Å². The molecule has 2 aliphatic rings. The molecule has 146 valence electrons. The molecule has 6 heteroatoms. The normalized spacial score (nSPS) is 21.9. The summed E-state index contributed by atoms with van der Waals surface area (Å²) in [4.78, 5) is 0. The minimum atomic E-state index is -3.39. The Hall–Kier alpha value is -1.32. The van der Waals surface area contributed by atoms with Crippen LogP contribution < -0.4 is 0 Å². The number of hydrogen-bond donors (Lipinski definition) is 0. The Bertz CT molecular complexity index is 892. The molecule has 1 aliphatic carbocycles. The summed E-state index contributed by atoms with van der Waals surface area (Å²) < 4.78 is 28.9. The second kappa shape index (κ2) is 7.97. The van der Waals surface area contributed by atoms with Crippen molar-refractivity contribution in [3.05, 3.63) is 46.5 Å². The van der Waals surface area contributed by atoms with Crippen LogP contribution in [0.5, 0.6) is 0 Å². The highest BCUT2D eigenvalue weighted by Crippen LogP contribution is 2.36. The zero-order chi connectivity index (χ0) is 19.7. The predicted octanol–water partition coefficient (Wildman–Crippen LogP) is 3.94.